The number of thiophene rings is 1. The molecule has 0 atom stereocenters. The molecule has 1 aliphatic rings. The summed E-state index contributed by atoms with van der Waals surface area (Å²) in [5, 5.41) is 6.15. The first-order valence-corrected chi connectivity index (χ1v) is 8.88. The summed E-state index contributed by atoms with van der Waals surface area (Å²) in [4.78, 5) is 13.5. The van der Waals surface area contributed by atoms with E-state index in [4.69, 9.17) is 11.6 Å². The Morgan fingerprint density at radius 1 is 1.29 bits per heavy atom. The zero-order valence-electron chi connectivity index (χ0n) is 13.2. The van der Waals surface area contributed by atoms with Crippen LogP contribution in [0.1, 0.15) is 16.0 Å². The van der Waals surface area contributed by atoms with E-state index in [9.17, 15) is 0 Å². The van der Waals surface area contributed by atoms with E-state index in [1.54, 1.807) is 23.9 Å². The third kappa shape index (κ3) is 3.00. The number of likely N-dealkylation sites (N-methyl/N-ethyl adjacent to an activating group) is 1. The Morgan fingerprint density at radius 2 is 2.12 bits per heavy atom. The van der Waals surface area contributed by atoms with Crippen molar-refractivity contribution in [3.8, 4) is 0 Å². The van der Waals surface area contributed by atoms with Crippen LogP contribution in [-0.4, -0.2) is 34.7 Å². The Morgan fingerprint density at radius 3 is 2.96 bits per heavy atom. The van der Waals surface area contributed by atoms with E-state index in [0.29, 0.717) is 5.02 Å². The molecule has 0 bridgehead atoms. The number of nitrogens with zero attached hydrogens (tertiary/aromatic N) is 4. The van der Waals surface area contributed by atoms with Crippen molar-refractivity contribution in [3.05, 3.63) is 51.6 Å². The minimum Gasteiger partial charge on any atom is -0.301 e. The lowest BCUT2D eigenvalue weighted by Gasteiger charge is -2.22. The molecule has 0 fully saturated rings. The van der Waals surface area contributed by atoms with Crippen molar-refractivity contribution in [2.45, 2.75) is 13.0 Å². The predicted octanol–water partition coefficient (Wildman–Crippen LogP) is 3.78. The number of hydrazone groups is 1. The van der Waals surface area contributed by atoms with Crippen LogP contribution in [0.25, 0.3) is 10.2 Å². The number of benzene rings is 1. The molecule has 5 nitrogen and oxygen atoms in total. The van der Waals surface area contributed by atoms with E-state index in [1.165, 1.54) is 10.4 Å². The molecule has 0 unspecified atom stereocenters. The number of aromatic nitrogens is 2. The number of rotatable bonds is 3. The van der Waals surface area contributed by atoms with Crippen LogP contribution >= 0.6 is 22.9 Å². The minimum absolute atomic E-state index is 0.715. The van der Waals surface area contributed by atoms with Crippen molar-refractivity contribution in [3.63, 3.8) is 0 Å². The van der Waals surface area contributed by atoms with Gasteiger partial charge >= 0.3 is 0 Å². The summed E-state index contributed by atoms with van der Waals surface area (Å²) in [6.45, 7) is 2.03. The maximum Gasteiger partial charge on any atom is 0.158 e. The van der Waals surface area contributed by atoms with Gasteiger partial charge in [-0.15, -0.1) is 11.3 Å². The highest BCUT2D eigenvalue weighted by Gasteiger charge is 2.21. The number of halogens is 1. The third-order valence-electron chi connectivity index (χ3n) is 4.08. The van der Waals surface area contributed by atoms with Crippen LogP contribution in [0, 0.1) is 0 Å². The maximum atomic E-state index is 5.89. The molecule has 3 aromatic rings. The van der Waals surface area contributed by atoms with Crippen molar-refractivity contribution < 1.29 is 0 Å². The molecule has 3 heterocycles. The Balaban J connectivity index is 1.63. The molecule has 24 heavy (non-hydrogen) atoms. The Kier molecular flexibility index (Phi) is 4.18. The van der Waals surface area contributed by atoms with Crippen molar-refractivity contribution >= 4 is 45.2 Å². The zero-order chi connectivity index (χ0) is 16.5. The normalized spacial score (nSPS) is 15.1. The summed E-state index contributed by atoms with van der Waals surface area (Å²) in [5.41, 5.74) is 5.41. The van der Waals surface area contributed by atoms with Crippen LogP contribution in [0.2, 0.25) is 5.02 Å². The fraction of sp³-hybridized carbons (Fsp3) is 0.235. The standard InChI is InChI=1S/C17H16ClN5S/c1-23-7-6-13-14(9-23)24-17-15(13)16(19-10-20-17)22-21-8-11-2-4-12(18)5-3-11/h2-5,8,10H,6-7,9H2,1H3,(H,19,20,22)/b21-8+. The Hall–Kier alpha value is -2.02. The van der Waals surface area contributed by atoms with Gasteiger partial charge in [0.15, 0.2) is 5.82 Å². The molecule has 2 aromatic heterocycles. The van der Waals surface area contributed by atoms with Crippen LogP contribution in [0.5, 0.6) is 0 Å². The molecule has 1 N–H and O–H groups in total. The average Bonchev–Trinajstić information content (AvgIpc) is 2.95. The zero-order valence-corrected chi connectivity index (χ0v) is 14.7. The van der Waals surface area contributed by atoms with Crippen molar-refractivity contribution in [2.75, 3.05) is 19.0 Å². The second kappa shape index (κ2) is 6.47. The number of hydrogen-bond acceptors (Lipinski definition) is 6. The van der Waals surface area contributed by atoms with Gasteiger partial charge in [-0.05, 0) is 36.7 Å². The predicted molar refractivity (Wildman–Crippen MR) is 100 cm³/mol. The van der Waals surface area contributed by atoms with Gasteiger partial charge in [-0.1, -0.05) is 23.7 Å². The lowest BCUT2D eigenvalue weighted by atomic mass is 10.1. The van der Waals surface area contributed by atoms with Crippen molar-refractivity contribution in [1.29, 1.82) is 0 Å². The summed E-state index contributed by atoms with van der Waals surface area (Å²) in [6, 6.07) is 7.53. The van der Waals surface area contributed by atoms with E-state index in [-0.39, 0.29) is 0 Å². The fourth-order valence-corrected chi connectivity index (χ4v) is 4.25. The van der Waals surface area contributed by atoms with Gasteiger partial charge in [0.25, 0.3) is 0 Å². The lowest BCUT2D eigenvalue weighted by molar-refractivity contribution is 0.318. The summed E-state index contributed by atoms with van der Waals surface area (Å²) < 4.78 is 0. The second-order valence-corrected chi connectivity index (χ2v) is 7.34. The van der Waals surface area contributed by atoms with Gasteiger partial charge < -0.3 is 4.90 Å². The van der Waals surface area contributed by atoms with Gasteiger partial charge in [-0.2, -0.15) is 5.10 Å². The van der Waals surface area contributed by atoms with Crippen LogP contribution in [0.3, 0.4) is 0 Å². The molecule has 1 aliphatic heterocycles. The van der Waals surface area contributed by atoms with E-state index in [0.717, 1.165) is 41.1 Å². The monoisotopic (exact) mass is 357 g/mol. The van der Waals surface area contributed by atoms with E-state index >= 15 is 0 Å². The molecule has 4 rings (SSSR count). The first-order chi connectivity index (χ1) is 11.7. The van der Waals surface area contributed by atoms with Gasteiger partial charge in [0.2, 0.25) is 0 Å². The highest BCUT2D eigenvalue weighted by molar-refractivity contribution is 7.18. The van der Waals surface area contributed by atoms with Gasteiger partial charge in [0.1, 0.15) is 11.2 Å². The topological polar surface area (TPSA) is 53.4 Å². The first-order valence-electron chi connectivity index (χ1n) is 7.69. The van der Waals surface area contributed by atoms with Crippen LogP contribution in [-0.2, 0) is 13.0 Å². The van der Waals surface area contributed by atoms with Crippen molar-refractivity contribution in [1.82, 2.24) is 14.9 Å². The SMILES string of the molecule is CN1CCc2c(sc3ncnc(N/N=C/c4ccc(Cl)cc4)c23)C1. The smallest absolute Gasteiger partial charge is 0.158 e. The molecule has 0 saturated heterocycles. The molecule has 0 saturated carbocycles. The van der Waals surface area contributed by atoms with Crippen LogP contribution < -0.4 is 5.43 Å². The van der Waals surface area contributed by atoms with E-state index in [1.807, 2.05) is 24.3 Å². The highest BCUT2D eigenvalue weighted by Crippen LogP contribution is 2.36. The summed E-state index contributed by atoms with van der Waals surface area (Å²) in [7, 11) is 2.15. The number of nitrogens with one attached hydrogen (secondary N) is 1. The summed E-state index contributed by atoms with van der Waals surface area (Å²) in [5.74, 6) is 0.771. The number of anilines is 1. The molecule has 122 valence electrons. The van der Waals surface area contributed by atoms with Gasteiger partial charge in [-0.25, -0.2) is 9.97 Å². The number of fused-ring (bicyclic) bond motifs is 3. The molecular weight excluding hydrogens is 342 g/mol. The molecule has 0 amide bonds. The van der Waals surface area contributed by atoms with Crippen LogP contribution in [0.15, 0.2) is 35.7 Å². The quantitative estimate of drug-likeness (QED) is 0.572. The lowest BCUT2D eigenvalue weighted by Crippen LogP contribution is -2.25. The average molecular weight is 358 g/mol. The van der Waals surface area contributed by atoms with E-state index in [2.05, 4.69) is 32.4 Å². The molecule has 0 radical (unpaired) electrons. The summed E-state index contributed by atoms with van der Waals surface area (Å²) >= 11 is 7.64. The van der Waals surface area contributed by atoms with Gasteiger partial charge in [0, 0.05) is 23.0 Å². The molecule has 1 aromatic carbocycles. The molecule has 7 heteroatoms. The molecular formula is C17H16ClN5S. The maximum absolute atomic E-state index is 5.89. The highest BCUT2D eigenvalue weighted by atomic mass is 35.5. The minimum atomic E-state index is 0.715. The third-order valence-corrected chi connectivity index (χ3v) is 5.46. The number of hydrogen-bond donors (Lipinski definition) is 1. The Bertz CT molecular complexity index is 903. The van der Waals surface area contributed by atoms with Gasteiger partial charge in [-0.3, -0.25) is 5.43 Å². The van der Waals surface area contributed by atoms with E-state index < -0.39 is 0 Å². The molecule has 0 spiro atoms. The molecule has 0 aliphatic carbocycles. The fourth-order valence-electron chi connectivity index (χ4n) is 2.86. The first kappa shape index (κ1) is 15.5. The summed E-state index contributed by atoms with van der Waals surface area (Å²) in [6.07, 6.45) is 4.37. The van der Waals surface area contributed by atoms with Gasteiger partial charge in [0.05, 0.1) is 11.6 Å². The van der Waals surface area contributed by atoms with Crippen LogP contribution in [0.4, 0.5) is 5.82 Å². The van der Waals surface area contributed by atoms with Crippen molar-refractivity contribution in [2.24, 2.45) is 5.10 Å². The largest absolute Gasteiger partial charge is 0.301 e. The second-order valence-electron chi connectivity index (χ2n) is 5.82. The Labute approximate surface area is 149 Å².